The van der Waals surface area contributed by atoms with Crippen LogP contribution in [0.25, 0.3) is 10.9 Å². The highest BCUT2D eigenvalue weighted by atomic mass is 32.2. The van der Waals surface area contributed by atoms with Gasteiger partial charge in [0.05, 0.1) is 17.9 Å². The summed E-state index contributed by atoms with van der Waals surface area (Å²) >= 11 is 1.54. The lowest BCUT2D eigenvalue weighted by Gasteiger charge is -2.29. The van der Waals surface area contributed by atoms with Gasteiger partial charge >= 0.3 is 0 Å². The van der Waals surface area contributed by atoms with Crippen LogP contribution in [0.5, 0.6) is 0 Å². The van der Waals surface area contributed by atoms with Crippen LogP contribution in [0, 0.1) is 0 Å². The van der Waals surface area contributed by atoms with Gasteiger partial charge in [0.15, 0.2) is 0 Å². The van der Waals surface area contributed by atoms with Crippen molar-refractivity contribution in [3.63, 3.8) is 0 Å². The molecule has 0 spiro atoms. The molecule has 0 bridgehead atoms. The lowest BCUT2D eigenvalue weighted by molar-refractivity contribution is -0.120. The number of nitrogens with one attached hydrogen (secondary N) is 2. The highest BCUT2D eigenvalue weighted by molar-refractivity contribution is 8.00. The number of thioether (sulfide) groups is 1. The number of fused-ring (bicyclic) bond motifs is 1. The number of nitrogens with zero attached hydrogens (tertiary/aromatic N) is 1. The van der Waals surface area contributed by atoms with Crippen molar-refractivity contribution >= 4 is 28.6 Å². The van der Waals surface area contributed by atoms with Crippen molar-refractivity contribution in [1.29, 1.82) is 0 Å². The highest BCUT2D eigenvalue weighted by Gasteiger charge is 2.24. The number of benzene rings is 1. The molecule has 3 N–H and O–H groups in total. The topological polar surface area (TPSA) is 66.3 Å². The number of amides is 1. The Morgan fingerprint density at radius 2 is 2.32 bits per heavy atom. The van der Waals surface area contributed by atoms with Gasteiger partial charge in [0.2, 0.25) is 5.91 Å². The van der Waals surface area contributed by atoms with E-state index in [-0.39, 0.29) is 11.9 Å². The van der Waals surface area contributed by atoms with E-state index in [0.717, 1.165) is 17.9 Å². The Labute approximate surface area is 134 Å². The van der Waals surface area contributed by atoms with Gasteiger partial charge in [0.1, 0.15) is 0 Å². The van der Waals surface area contributed by atoms with Gasteiger partial charge < -0.3 is 20.3 Å². The van der Waals surface area contributed by atoms with Crippen LogP contribution >= 0.6 is 11.8 Å². The number of rotatable bonds is 4. The van der Waals surface area contributed by atoms with Gasteiger partial charge in [-0.2, -0.15) is 0 Å². The summed E-state index contributed by atoms with van der Waals surface area (Å²) in [5.74, 6) is 0.342. The molecule has 5 nitrogen and oxygen atoms in total. The third-order valence-corrected chi connectivity index (χ3v) is 5.06. The second-order valence-electron chi connectivity index (χ2n) is 5.64. The van der Waals surface area contributed by atoms with Crippen LogP contribution in [0.1, 0.15) is 6.42 Å². The first-order valence-corrected chi connectivity index (χ1v) is 8.48. The Bertz CT molecular complexity index is 670. The molecule has 6 heteroatoms. The van der Waals surface area contributed by atoms with Gasteiger partial charge in [-0.25, -0.2) is 0 Å². The maximum Gasteiger partial charge on any atom is 0.230 e. The summed E-state index contributed by atoms with van der Waals surface area (Å²) in [6.45, 7) is 1.37. The first-order valence-electron chi connectivity index (χ1n) is 7.50. The van der Waals surface area contributed by atoms with Gasteiger partial charge in [-0.15, -0.1) is 11.8 Å². The minimum atomic E-state index is -0.500. The van der Waals surface area contributed by atoms with E-state index in [1.54, 1.807) is 0 Å². The van der Waals surface area contributed by atoms with E-state index in [9.17, 15) is 9.90 Å². The Hall–Kier alpha value is -1.50. The average Bonchev–Trinajstić information content (AvgIpc) is 2.85. The maximum atomic E-state index is 12.1. The summed E-state index contributed by atoms with van der Waals surface area (Å²) in [5, 5.41) is 17.1. The molecule has 0 aliphatic carbocycles. The zero-order valence-electron chi connectivity index (χ0n) is 12.6. The minimum absolute atomic E-state index is 0.0242. The summed E-state index contributed by atoms with van der Waals surface area (Å²) in [4.78, 5) is 13.2. The second-order valence-corrected chi connectivity index (χ2v) is 6.66. The zero-order chi connectivity index (χ0) is 15.5. The molecule has 1 fully saturated rings. The van der Waals surface area contributed by atoms with E-state index in [2.05, 4.69) is 33.5 Å². The molecule has 1 aromatic heterocycles. The van der Waals surface area contributed by atoms with Gasteiger partial charge in [0, 0.05) is 35.6 Å². The van der Waals surface area contributed by atoms with Crippen molar-refractivity contribution in [3.8, 4) is 0 Å². The van der Waals surface area contributed by atoms with E-state index in [1.807, 2.05) is 19.2 Å². The van der Waals surface area contributed by atoms with Gasteiger partial charge in [-0.1, -0.05) is 18.2 Å². The molecule has 2 aromatic rings. The monoisotopic (exact) mass is 319 g/mol. The van der Waals surface area contributed by atoms with E-state index in [4.69, 9.17) is 0 Å². The number of carbonyl (C=O) groups excluding carboxylic acids is 1. The van der Waals surface area contributed by atoms with Crippen molar-refractivity contribution in [1.82, 2.24) is 15.2 Å². The van der Waals surface area contributed by atoms with Crippen molar-refractivity contribution in [2.45, 2.75) is 23.5 Å². The van der Waals surface area contributed by atoms with Crippen LogP contribution < -0.4 is 10.6 Å². The number of para-hydroxylation sites is 1. The molecule has 0 saturated carbocycles. The molecule has 1 aromatic carbocycles. The Morgan fingerprint density at radius 1 is 1.50 bits per heavy atom. The van der Waals surface area contributed by atoms with Crippen LogP contribution in [0.4, 0.5) is 0 Å². The number of carbonyl (C=O) groups is 1. The molecule has 1 aliphatic heterocycles. The highest BCUT2D eigenvalue weighted by Crippen LogP contribution is 2.29. The molecule has 118 valence electrons. The van der Waals surface area contributed by atoms with Crippen LogP contribution in [0.15, 0.2) is 35.4 Å². The molecule has 3 rings (SSSR count). The van der Waals surface area contributed by atoms with E-state index >= 15 is 0 Å². The quantitative estimate of drug-likeness (QED) is 0.739. The second kappa shape index (κ2) is 6.73. The van der Waals surface area contributed by atoms with Crippen molar-refractivity contribution in [3.05, 3.63) is 30.5 Å². The summed E-state index contributed by atoms with van der Waals surface area (Å²) in [6.07, 6.45) is 2.33. The fourth-order valence-electron chi connectivity index (χ4n) is 2.82. The van der Waals surface area contributed by atoms with Crippen molar-refractivity contribution in [2.24, 2.45) is 7.05 Å². The van der Waals surface area contributed by atoms with Crippen LogP contribution in [-0.4, -0.2) is 46.6 Å². The number of piperidine rings is 1. The molecule has 2 heterocycles. The molecule has 1 saturated heterocycles. The molecule has 1 amide bonds. The number of aliphatic hydroxyl groups excluding tert-OH is 1. The van der Waals surface area contributed by atoms with Crippen LogP contribution in [0.3, 0.4) is 0 Å². The smallest absolute Gasteiger partial charge is 0.230 e. The molecule has 0 radical (unpaired) electrons. The summed E-state index contributed by atoms with van der Waals surface area (Å²) < 4.78 is 2.08. The van der Waals surface area contributed by atoms with Gasteiger partial charge in [-0.3, -0.25) is 4.79 Å². The Kier molecular flexibility index (Phi) is 4.71. The fraction of sp³-hybridized carbons (Fsp3) is 0.438. The van der Waals surface area contributed by atoms with Crippen molar-refractivity contribution in [2.75, 3.05) is 18.8 Å². The number of aromatic nitrogens is 1. The predicted molar refractivity (Wildman–Crippen MR) is 89.1 cm³/mol. The largest absolute Gasteiger partial charge is 0.390 e. The summed E-state index contributed by atoms with van der Waals surface area (Å²) in [7, 11) is 2.01. The molecular weight excluding hydrogens is 298 g/mol. The first-order chi connectivity index (χ1) is 10.6. The Morgan fingerprint density at radius 3 is 3.14 bits per heavy atom. The number of hydrogen-bond acceptors (Lipinski definition) is 4. The normalized spacial score (nSPS) is 21.9. The predicted octanol–water partition coefficient (Wildman–Crippen LogP) is 1.11. The van der Waals surface area contributed by atoms with E-state index in [0.29, 0.717) is 12.3 Å². The maximum absolute atomic E-state index is 12.1. The number of aliphatic hydroxyl groups is 1. The number of aryl methyl sites for hydroxylation is 1. The van der Waals surface area contributed by atoms with Crippen molar-refractivity contribution < 1.29 is 9.90 Å². The lowest BCUT2D eigenvalue weighted by atomic mass is 10.0. The third-order valence-electron chi connectivity index (χ3n) is 4.02. The fourth-order valence-corrected chi connectivity index (χ4v) is 3.75. The van der Waals surface area contributed by atoms with Crippen LogP contribution in [0.2, 0.25) is 0 Å². The molecule has 2 unspecified atom stereocenters. The van der Waals surface area contributed by atoms with Gasteiger partial charge in [0.25, 0.3) is 0 Å². The standard InChI is InChI=1S/C16H21N3O2S/c1-19-9-15(11-4-2-3-5-13(11)19)22-10-16(21)18-12-6-7-17-8-14(12)20/h2-5,9,12,14,17,20H,6-8,10H2,1H3,(H,18,21). The van der Waals surface area contributed by atoms with E-state index < -0.39 is 6.10 Å². The van der Waals surface area contributed by atoms with E-state index in [1.165, 1.54) is 22.7 Å². The zero-order valence-corrected chi connectivity index (χ0v) is 13.4. The number of β-amino-alcohol motifs (C(OH)–C–C–N with tert-alkyl or cyclic N) is 1. The Balaban J connectivity index is 1.60. The summed E-state index contributed by atoms with van der Waals surface area (Å²) in [6, 6.07) is 8.04. The summed E-state index contributed by atoms with van der Waals surface area (Å²) in [5.41, 5.74) is 1.17. The molecule has 1 aliphatic rings. The minimum Gasteiger partial charge on any atom is -0.390 e. The first kappa shape index (κ1) is 15.4. The van der Waals surface area contributed by atoms with Crippen LogP contribution in [-0.2, 0) is 11.8 Å². The lowest BCUT2D eigenvalue weighted by Crippen LogP contribution is -2.53. The number of hydrogen-bond donors (Lipinski definition) is 3. The molecule has 22 heavy (non-hydrogen) atoms. The SMILES string of the molecule is Cn1cc(SCC(=O)NC2CCNCC2O)c2ccccc21. The van der Waals surface area contributed by atoms with Gasteiger partial charge in [-0.05, 0) is 19.0 Å². The molecule has 2 atom stereocenters. The molecular formula is C16H21N3O2S. The average molecular weight is 319 g/mol. The third kappa shape index (κ3) is 3.29.